The van der Waals surface area contributed by atoms with E-state index in [0.29, 0.717) is 0 Å². The fourth-order valence-electron chi connectivity index (χ4n) is 3.35. The molecule has 1 aliphatic heterocycles. The van der Waals surface area contributed by atoms with Crippen molar-refractivity contribution in [1.29, 1.82) is 0 Å². The third-order valence-electron chi connectivity index (χ3n) is 4.81. The molecule has 1 fully saturated rings. The van der Waals surface area contributed by atoms with Crippen molar-refractivity contribution in [2.45, 2.75) is 41.9 Å². The summed E-state index contributed by atoms with van der Waals surface area (Å²) < 4.78 is 7.01. The first-order valence-electron chi connectivity index (χ1n) is 6.38. The number of hydrogen-bond acceptors (Lipinski definition) is 0. The third kappa shape index (κ3) is 1.44. The molecule has 0 nitrogen and oxygen atoms in total. The van der Waals surface area contributed by atoms with Crippen LogP contribution in [0.1, 0.15) is 33.6 Å². The zero-order valence-corrected chi connectivity index (χ0v) is 13.0. The van der Waals surface area contributed by atoms with Gasteiger partial charge in [0.2, 0.25) is 0 Å². The van der Waals surface area contributed by atoms with Crippen molar-refractivity contribution in [1.82, 2.24) is 0 Å². The van der Waals surface area contributed by atoms with Gasteiger partial charge in [-0.05, 0) is 0 Å². The normalized spacial score (nSPS) is 26.8. The summed E-state index contributed by atoms with van der Waals surface area (Å²) in [4.78, 5) is 0. The molecule has 1 heteroatoms. The summed E-state index contributed by atoms with van der Waals surface area (Å²) >= 11 is -1.90. The van der Waals surface area contributed by atoms with Gasteiger partial charge in [0, 0.05) is 0 Å². The molecular weight excluding hydrogens is 271 g/mol. The van der Waals surface area contributed by atoms with E-state index < -0.39 is 20.3 Å². The van der Waals surface area contributed by atoms with Crippen LogP contribution in [0.25, 0.3) is 0 Å². The van der Waals surface area contributed by atoms with Gasteiger partial charge in [-0.15, -0.1) is 0 Å². The van der Waals surface area contributed by atoms with Crippen LogP contribution in [0.5, 0.6) is 0 Å². The number of rotatable bonds is 2. The molecule has 0 unspecified atom stereocenters. The van der Waals surface area contributed by atoms with Crippen LogP contribution >= 0.6 is 0 Å². The van der Waals surface area contributed by atoms with Gasteiger partial charge in [0.05, 0.1) is 0 Å². The second-order valence-electron chi connectivity index (χ2n) is 5.59. The Labute approximate surface area is 103 Å². The molecular formula is C15H20Zr. The van der Waals surface area contributed by atoms with E-state index in [0.717, 1.165) is 0 Å². The molecule has 0 aromatic carbocycles. The van der Waals surface area contributed by atoms with E-state index in [1.165, 1.54) is 12.8 Å². The van der Waals surface area contributed by atoms with Crippen LogP contribution < -0.4 is 0 Å². The topological polar surface area (TPSA) is 0 Å². The molecule has 3 aliphatic rings. The Morgan fingerprint density at radius 2 is 1.81 bits per heavy atom. The van der Waals surface area contributed by atoms with Gasteiger partial charge in [0.15, 0.2) is 0 Å². The molecule has 3 rings (SSSR count). The van der Waals surface area contributed by atoms with Crippen molar-refractivity contribution < 1.29 is 20.3 Å². The van der Waals surface area contributed by atoms with E-state index in [1.807, 2.05) is 6.56 Å². The summed E-state index contributed by atoms with van der Waals surface area (Å²) in [6, 6.07) is 0. The van der Waals surface area contributed by atoms with Crippen molar-refractivity contribution in [2.75, 3.05) is 0 Å². The minimum absolute atomic E-state index is 1.28. The Morgan fingerprint density at radius 1 is 1.06 bits per heavy atom. The molecule has 0 bridgehead atoms. The summed E-state index contributed by atoms with van der Waals surface area (Å²) in [5.74, 6) is 0. The van der Waals surface area contributed by atoms with E-state index in [2.05, 4.69) is 39.0 Å². The fraction of sp³-hybridized carbons (Fsp3) is 0.467. The molecule has 2 aliphatic carbocycles. The first-order chi connectivity index (χ1) is 7.65. The van der Waals surface area contributed by atoms with Gasteiger partial charge in [-0.1, -0.05) is 0 Å². The first kappa shape index (κ1) is 11.0. The van der Waals surface area contributed by atoms with E-state index in [4.69, 9.17) is 0 Å². The molecule has 1 saturated heterocycles. The SMILES string of the molecule is CC1=C(C)C(C)=[C]([Zr]2([C]3=CC=CC3)[CH2][CH2]2)C1. The summed E-state index contributed by atoms with van der Waals surface area (Å²) in [7, 11) is 0. The quantitative estimate of drug-likeness (QED) is 0.682. The Kier molecular flexibility index (Phi) is 2.51. The van der Waals surface area contributed by atoms with E-state index in [1.54, 1.807) is 25.0 Å². The van der Waals surface area contributed by atoms with Gasteiger partial charge in [0.25, 0.3) is 0 Å². The van der Waals surface area contributed by atoms with Crippen molar-refractivity contribution in [3.05, 3.63) is 41.5 Å². The average molecular weight is 292 g/mol. The molecule has 0 aromatic heterocycles. The van der Waals surface area contributed by atoms with Gasteiger partial charge in [-0.3, -0.25) is 0 Å². The zero-order valence-electron chi connectivity index (χ0n) is 10.6. The maximum atomic E-state index is 2.45. The van der Waals surface area contributed by atoms with Crippen LogP contribution in [-0.4, -0.2) is 0 Å². The van der Waals surface area contributed by atoms with Crippen molar-refractivity contribution in [3.8, 4) is 0 Å². The van der Waals surface area contributed by atoms with Gasteiger partial charge in [0.1, 0.15) is 0 Å². The number of allylic oxidation sites excluding steroid dienone is 8. The summed E-state index contributed by atoms with van der Waals surface area (Å²) in [6.45, 7) is 7.02. The molecule has 16 heavy (non-hydrogen) atoms. The van der Waals surface area contributed by atoms with E-state index in [9.17, 15) is 0 Å². The molecule has 0 radical (unpaired) electrons. The van der Waals surface area contributed by atoms with Crippen LogP contribution in [-0.2, 0) is 20.3 Å². The van der Waals surface area contributed by atoms with Crippen LogP contribution in [0.4, 0.5) is 0 Å². The second-order valence-corrected chi connectivity index (χ2v) is 16.4. The summed E-state index contributed by atoms with van der Waals surface area (Å²) in [6.07, 6.45) is 9.69. The predicted octanol–water partition coefficient (Wildman–Crippen LogP) is 4.85. The molecule has 1 heterocycles. The Morgan fingerprint density at radius 3 is 2.25 bits per heavy atom. The van der Waals surface area contributed by atoms with Crippen molar-refractivity contribution >= 4 is 0 Å². The molecule has 84 valence electrons. The van der Waals surface area contributed by atoms with Gasteiger partial charge >= 0.3 is 104 Å². The standard InChI is InChI=1S/C8H11.C5H5.C2H4.Zr/c1-6-4-5-7(2)8(6)3;1-2-4-5-3-1;1-2;/h4H2,1-3H3;1-3H,4H2;1-2H2;. The monoisotopic (exact) mass is 290 g/mol. The molecule has 0 saturated carbocycles. The maximum absolute atomic E-state index is 2.45. The van der Waals surface area contributed by atoms with Gasteiger partial charge in [-0.2, -0.15) is 0 Å². The average Bonchev–Trinajstić information content (AvgIpc) is 2.80. The zero-order chi connectivity index (χ0) is 11.3. The van der Waals surface area contributed by atoms with E-state index >= 15 is 0 Å². The third-order valence-corrected chi connectivity index (χ3v) is 16.6. The minimum atomic E-state index is -1.90. The summed E-state index contributed by atoms with van der Waals surface area (Å²) in [5.41, 5.74) is 4.92. The van der Waals surface area contributed by atoms with Crippen molar-refractivity contribution in [2.24, 2.45) is 0 Å². The van der Waals surface area contributed by atoms with Crippen LogP contribution in [0.15, 0.2) is 41.5 Å². The molecule has 0 amide bonds. The Hall–Kier alpha value is -0.157. The number of hydrogen-bond donors (Lipinski definition) is 0. The fourth-order valence-corrected chi connectivity index (χ4v) is 17.6. The molecule has 0 atom stereocenters. The molecule has 0 N–H and O–H groups in total. The van der Waals surface area contributed by atoms with Gasteiger partial charge in [-0.25, -0.2) is 0 Å². The second kappa shape index (κ2) is 3.67. The Balaban J connectivity index is 1.96. The Bertz CT molecular complexity index is 468. The molecule has 0 spiro atoms. The van der Waals surface area contributed by atoms with Crippen molar-refractivity contribution in [3.63, 3.8) is 0 Å². The first-order valence-corrected chi connectivity index (χ1v) is 12.3. The van der Waals surface area contributed by atoms with Gasteiger partial charge < -0.3 is 0 Å². The van der Waals surface area contributed by atoms with Crippen LogP contribution in [0.3, 0.4) is 0 Å². The molecule has 0 aromatic rings. The van der Waals surface area contributed by atoms with E-state index in [-0.39, 0.29) is 0 Å². The van der Waals surface area contributed by atoms with Crippen LogP contribution in [0, 0.1) is 0 Å². The summed E-state index contributed by atoms with van der Waals surface area (Å²) in [5, 5.41) is 0. The van der Waals surface area contributed by atoms with Crippen LogP contribution in [0.2, 0.25) is 8.26 Å². The predicted molar refractivity (Wildman–Crippen MR) is 67.1 cm³/mol.